The predicted octanol–water partition coefficient (Wildman–Crippen LogP) is 3.85. The summed E-state index contributed by atoms with van der Waals surface area (Å²) in [6, 6.07) is 14.4. The van der Waals surface area contributed by atoms with Crippen LogP contribution in [0.15, 0.2) is 64.1 Å². The molecule has 3 aromatic rings. The molecule has 0 unspecified atom stereocenters. The summed E-state index contributed by atoms with van der Waals surface area (Å²) in [6.07, 6.45) is 1.72. The second-order valence-corrected chi connectivity index (χ2v) is 8.63. The first-order chi connectivity index (χ1) is 17.0. The number of methoxy groups -OCH3 is 1. The van der Waals surface area contributed by atoms with Crippen LogP contribution in [0.4, 0.5) is 0 Å². The van der Waals surface area contributed by atoms with Crippen LogP contribution >= 0.6 is 11.8 Å². The zero-order valence-corrected chi connectivity index (χ0v) is 20.0. The molecule has 0 saturated carbocycles. The van der Waals surface area contributed by atoms with Crippen LogP contribution in [0.1, 0.15) is 22.3 Å². The van der Waals surface area contributed by atoms with Crippen molar-refractivity contribution in [1.29, 1.82) is 0 Å². The molecule has 2 aromatic carbocycles. The Labute approximate surface area is 206 Å². The summed E-state index contributed by atoms with van der Waals surface area (Å²) < 4.78 is 15.8. The normalized spacial score (nSPS) is 14.4. The lowest BCUT2D eigenvalue weighted by Gasteiger charge is -2.16. The molecule has 0 bridgehead atoms. The SMILES string of the molecule is COC(=O)/C=C1/SCC(=O)N1CCCOC(=O)c1ccc(-c2nnc(-c3ccccc3C)o2)cc1. The van der Waals surface area contributed by atoms with E-state index in [1.807, 2.05) is 31.2 Å². The Balaban J connectivity index is 1.30. The Kier molecular flexibility index (Phi) is 7.61. The molecule has 1 aliphatic heterocycles. The van der Waals surface area contributed by atoms with Gasteiger partial charge in [0, 0.05) is 17.7 Å². The number of benzene rings is 2. The zero-order valence-electron chi connectivity index (χ0n) is 19.2. The topological polar surface area (TPSA) is 112 Å². The lowest BCUT2D eigenvalue weighted by atomic mass is 10.1. The first-order valence-corrected chi connectivity index (χ1v) is 11.8. The van der Waals surface area contributed by atoms with Crippen molar-refractivity contribution in [3.63, 3.8) is 0 Å². The van der Waals surface area contributed by atoms with Gasteiger partial charge in [0.05, 0.1) is 36.1 Å². The molecule has 35 heavy (non-hydrogen) atoms. The van der Waals surface area contributed by atoms with Crippen molar-refractivity contribution in [1.82, 2.24) is 15.1 Å². The third-order valence-corrected chi connectivity index (χ3v) is 6.31. The van der Waals surface area contributed by atoms with Gasteiger partial charge in [-0.15, -0.1) is 10.2 Å². The summed E-state index contributed by atoms with van der Waals surface area (Å²) in [5.74, 6) is -0.0439. The fourth-order valence-electron chi connectivity index (χ4n) is 3.41. The van der Waals surface area contributed by atoms with Crippen molar-refractivity contribution in [3.8, 4) is 22.9 Å². The highest BCUT2D eigenvalue weighted by Crippen LogP contribution is 2.29. The number of hydrogen-bond donors (Lipinski definition) is 0. The number of thioether (sulfide) groups is 1. The summed E-state index contributed by atoms with van der Waals surface area (Å²) in [5.41, 5.74) is 2.97. The number of amides is 1. The number of ether oxygens (including phenoxy) is 2. The maximum absolute atomic E-state index is 12.4. The zero-order chi connectivity index (χ0) is 24.8. The monoisotopic (exact) mass is 493 g/mol. The molecule has 0 radical (unpaired) electrons. The van der Waals surface area contributed by atoms with E-state index in [1.165, 1.54) is 29.8 Å². The van der Waals surface area contributed by atoms with Gasteiger partial charge in [0.25, 0.3) is 0 Å². The number of carbonyl (C=O) groups excluding carboxylic acids is 3. The third kappa shape index (κ3) is 5.78. The van der Waals surface area contributed by atoms with E-state index in [9.17, 15) is 14.4 Å². The Hall–Kier alpha value is -3.92. The van der Waals surface area contributed by atoms with Gasteiger partial charge >= 0.3 is 11.9 Å². The molecule has 0 N–H and O–H groups in total. The molecule has 0 spiro atoms. The number of aromatic nitrogens is 2. The highest BCUT2D eigenvalue weighted by Gasteiger charge is 2.27. The molecule has 0 aliphatic carbocycles. The average molecular weight is 494 g/mol. The van der Waals surface area contributed by atoms with Gasteiger partial charge in [0.2, 0.25) is 17.7 Å². The van der Waals surface area contributed by atoms with Crippen LogP contribution in [0.25, 0.3) is 22.9 Å². The predicted molar refractivity (Wildman–Crippen MR) is 129 cm³/mol. The maximum atomic E-state index is 12.4. The molecule has 10 heteroatoms. The molecule has 1 amide bonds. The van der Waals surface area contributed by atoms with Crippen LogP contribution in [-0.4, -0.2) is 59.0 Å². The van der Waals surface area contributed by atoms with Gasteiger partial charge in [-0.05, 0) is 49.2 Å². The first kappa shape index (κ1) is 24.2. The van der Waals surface area contributed by atoms with Crippen molar-refractivity contribution in [2.75, 3.05) is 26.0 Å². The minimum atomic E-state index is -0.519. The second kappa shape index (κ2) is 11.0. The van der Waals surface area contributed by atoms with Crippen molar-refractivity contribution < 1.29 is 28.3 Å². The minimum absolute atomic E-state index is 0.0984. The van der Waals surface area contributed by atoms with Gasteiger partial charge in [-0.2, -0.15) is 0 Å². The van der Waals surface area contributed by atoms with Crippen LogP contribution in [-0.2, 0) is 19.1 Å². The van der Waals surface area contributed by atoms with E-state index in [1.54, 1.807) is 24.3 Å². The van der Waals surface area contributed by atoms with E-state index in [0.717, 1.165) is 11.1 Å². The average Bonchev–Trinajstić information content (AvgIpc) is 3.49. The number of aryl methyl sites for hydroxylation is 1. The van der Waals surface area contributed by atoms with Crippen molar-refractivity contribution >= 4 is 29.6 Å². The Bertz CT molecular complexity index is 1270. The molecule has 1 fully saturated rings. The van der Waals surface area contributed by atoms with E-state index < -0.39 is 11.9 Å². The largest absolute Gasteiger partial charge is 0.466 e. The summed E-state index contributed by atoms with van der Waals surface area (Å²) in [7, 11) is 1.28. The standard InChI is InChI=1S/C25H23N3O6S/c1-16-6-3-4-7-19(16)24-27-26-23(34-24)17-8-10-18(11-9-17)25(31)33-13-5-12-28-20(29)15-35-21(28)14-22(30)32-2/h3-4,6-11,14H,5,12-13,15H2,1-2H3/b21-14+. The summed E-state index contributed by atoms with van der Waals surface area (Å²) in [4.78, 5) is 37.4. The highest BCUT2D eigenvalue weighted by molar-refractivity contribution is 8.04. The summed E-state index contributed by atoms with van der Waals surface area (Å²) in [6.45, 7) is 2.44. The number of nitrogens with zero attached hydrogens (tertiary/aromatic N) is 3. The molecular weight excluding hydrogens is 470 g/mol. The minimum Gasteiger partial charge on any atom is -0.466 e. The summed E-state index contributed by atoms with van der Waals surface area (Å²) in [5, 5.41) is 8.78. The van der Waals surface area contributed by atoms with Gasteiger partial charge in [-0.1, -0.05) is 30.0 Å². The van der Waals surface area contributed by atoms with Crippen molar-refractivity contribution in [2.45, 2.75) is 13.3 Å². The lowest BCUT2D eigenvalue weighted by Crippen LogP contribution is -2.27. The molecule has 4 rings (SSSR count). The van der Waals surface area contributed by atoms with Gasteiger partial charge < -0.3 is 18.8 Å². The molecule has 9 nitrogen and oxygen atoms in total. The smallest absolute Gasteiger partial charge is 0.338 e. The fourth-order valence-corrected chi connectivity index (χ4v) is 4.37. The number of hydrogen-bond acceptors (Lipinski definition) is 9. The Morgan fingerprint density at radius 3 is 2.60 bits per heavy atom. The van der Waals surface area contributed by atoms with E-state index in [0.29, 0.717) is 40.9 Å². The van der Waals surface area contributed by atoms with Crippen molar-refractivity contribution in [3.05, 3.63) is 70.8 Å². The van der Waals surface area contributed by atoms with E-state index in [2.05, 4.69) is 14.9 Å². The van der Waals surface area contributed by atoms with Gasteiger partial charge in [0.15, 0.2) is 0 Å². The number of esters is 2. The molecule has 1 aliphatic rings. The Morgan fingerprint density at radius 1 is 1.11 bits per heavy atom. The molecular formula is C25H23N3O6S. The van der Waals surface area contributed by atoms with E-state index in [-0.39, 0.29) is 18.3 Å². The van der Waals surface area contributed by atoms with Gasteiger partial charge in [-0.3, -0.25) is 4.79 Å². The highest BCUT2D eigenvalue weighted by atomic mass is 32.2. The molecule has 1 saturated heterocycles. The van der Waals surface area contributed by atoms with Crippen LogP contribution in [0.3, 0.4) is 0 Å². The van der Waals surface area contributed by atoms with E-state index in [4.69, 9.17) is 9.15 Å². The van der Waals surface area contributed by atoms with Crippen molar-refractivity contribution in [2.24, 2.45) is 0 Å². The van der Waals surface area contributed by atoms with Crippen LogP contribution in [0.2, 0.25) is 0 Å². The first-order valence-electron chi connectivity index (χ1n) is 10.9. The molecule has 180 valence electrons. The molecule has 0 atom stereocenters. The van der Waals surface area contributed by atoms with Crippen LogP contribution in [0.5, 0.6) is 0 Å². The van der Waals surface area contributed by atoms with Gasteiger partial charge in [-0.25, -0.2) is 9.59 Å². The number of rotatable bonds is 8. The van der Waals surface area contributed by atoms with E-state index >= 15 is 0 Å². The lowest BCUT2D eigenvalue weighted by molar-refractivity contribution is -0.134. The quantitative estimate of drug-likeness (QED) is 0.262. The molecule has 1 aromatic heterocycles. The number of carbonyl (C=O) groups is 3. The van der Waals surface area contributed by atoms with Crippen LogP contribution in [0, 0.1) is 6.92 Å². The second-order valence-electron chi connectivity index (χ2n) is 7.63. The molecule has 2 heterocycles. The Morgan fingerprint density at radius 2 is 1.86 bits per heavy atom. The maximum Gasteiger partial charge on any atom is 0.338 e. The summed E-state index contributed by atoms with van der Waals surface area (Å²) >= 11 is 1.28. The van der Waals surface area contributed by atoms with Crippen LogP contribution < -0.4 is 0 Å². The fraction of sp³-hybridized carbons (Fsp3) is 0.240. The third-order valence-electron chi connectivity index (χ3n) is 5.28. The van der Waals surface area contributed by atoms with Gasteiger partial charge in [0.1, 0.15) is 0 Å².